The first kappa shape index (κ1) is 10.1. The first-order chi connectivity index (χ1) is 6.90. The summed E-state index contributed by atoms with van der Waals surface area (Å²) in [5, 5.41) is 0. The van der Waals surface area contributed by atoms with Gasteiger partial charge in [0.15, 0.2) is 0 Å². The molecule has 2 aliphatic rings. The summed E-state index contributed by atoms with van der Waals surface area (Å²) in [6.45, 7) is 3.99. The molecule has 14 heavy (non-hydrogen) atoms. The van der Waals surface area contributed by atoms with Gasteiger partial charge in [0.25, 0.3) is 0 Å². The van der Waals surface area contributed by atoms with Gasteiger partial charge in [-0.1, -0.05) is 0 Å². The molecular formula is C11H19NO2. The fraction of sp³-hybridized carbons (Fsp3) is 0.909. The zero-order valence-corrected chi connectivity index (χ0v) is 8.65. The predicted octanol–water partition coefficient (Wildman–Crippen LogP) is 1.08. The third-order valence-electron chi connectivity index (χ3n) is 3.42. The van der Waals surface area contributed by atoms with E-state index in [2.05, 4.69) is 4.90 Å². The zero-order valence-electron chi connectivity index (χ0n) is 8.65. The lowest BCUT2D eigenvalue weighted by molar-refractivity contribution is -0.112. The summed E-state index contributed by atoms with van der Waals surface area (Å²) in [4.78, 5) is 13.1. The standard InChI is InChI=1S/C11H19NO2/c13-8-10-3-5-12(6-4-10)11-2-1-7-14-9-11/h8,10-11H,1-7,9H2. The maximum absolute atomic E-state index is 10.6. The zero-order chi connectivity index (χ0) is 9.80. The second kappa shape index (κ2) is 4.89. The Hall–Kier alpha value is -0.410. The number of hydrogen-bond acceptors (Lipinski definition) is 3. The van der Waals surface area contributed by atoms with Crippen LogP contribution in [0.15, 0.2) is 0 Å². The quantitative estimate of drug-likeness (QED) is 0.620. The Kier molecular flexibility index (Phi) is 3.54. The summed E-state index contributed by atoms with van der Waals surface area (Å²) < 4.78 is 5.48. The van der Waals surface area contributed by atoms with Crippen LogP contribution in [-0.2, 0) is 9.53 Å². The van der Waals surface area contributed by atoms with E-state index in [4.69, 9.17) is 4.74 Å². The van der Waals surface area contributed by atoms with Crippen molar-refractivity contribution in [2.45, 2.75) is 31.7 Å². The molecule has 3 nitrogen and oxygen atoms in total. The highest BCUT2D eigenvalue weighted by Crippen LogP contribution is 2.21. The molecule has 1 unspecified atom stereocenters. The van der Waals surface area contributed by atoms with Crippen LogP contribution in [-0.4, -0.2) is 43.5 Å². The van der Waals surface area contributed by atoms with E-state index in [9.17, 15) is 4.79 Å². The number of carbonyl (C=O) groups is 1. The minimum absolute atomic E-state index is 0.316. The normalized spacial score (nSPS) is 31.6. The lowest BCUT2D eigenvalue weighted by atomic mass is 9.96. The van der Waals surface area contributed by atoms with Crippen LogP contribution in [0.3, 0.4) is 0 Å². The maximum atomic E-state index is 10.6. The van der Waals surface area contributed by atoms with E-state index in [0.29, 0.717) is 12.0 Å². The van der Waals surface area contributed by atoms with Crippen molar-refractivity contribution < 1.29 is 9.53 Å². The Bertz CT molecular complexity index is 182. The fourth-order valence-corrected chi connectivity index (χ4v) is 2.43. The van der Waals surface area contributed by atoms with Crippen molar-refractivity contribution in [2.75, 3.05) is 26.3 Å². The molecule has 0 aromatic heterocycles. The van der Waals surface area contributed by atoms with Crippen LogP contribution in [0.2, 0.25) is 0 Å². The Balaban J connectivity index is 1.78. The molecule has 3 heteroatoms. The molecule has 0 aliphatic carbocycles. The van der Waals surface area contributed by atoms with Crippen LogP contribution in [0.1, 0.15) is 25.7 Å². The van der Waals surface area contributed by atoms with E-state index < -0.39 is 0 Å². The largest absolute Gasteiger partial charge is 0.380 e. The van der Waals surface area contributed by atoms with E-state index in [1.807, 2.05) is 0 Å². The average Bonchev–Trinajstić information content (AvgIpc) is 2.30. The number of likely N-dealkylation sites (tertiary alicyclic amines) is 1. The molecule has 0 spiro atoms. The van der Waals surface area contributed by atoms with Gasteiger partial charge < -0.3 is 9.53 Å². The fourth-order valence-electron chi connectivity index (χ4n) is 2.43. The molecule has 1 atom stereocenters. The molecule has 0 N–H and O–H groups in total. The highest BCUT2D eigenvalue weighted by molar-refractivity contribution is 5.53. The third-order valence-corrected chi connectivity index (χ3v) is 3.42. The lowest BCUT2D eigenvalue weighted by Crippen LogP contribution is -2.45. The van der Waals surface area contributed by atoms with Crippen LogP contribution >= 0.6 is 0 Å². The SMILES string of the molecule is O=CC1CCN(C2CCCOC2)CC1. The summed E-state index contributed by atoms with van der Waals surface area (Å²) in [6.07, 6.45) is 5.67. The Morgan fingerprint density at radius 1 is 1.21 bits per heavy atom. The lowest BCUT2D eigenvalue weighted by Gasteiger charge is -2.37. The van der Waals surface area contributed by atoms with Gasteiger partial charge in [-0.3, -0.25) is 4.90 Å². The minimum Gasteiger partial charge on any atom is -0.380 e. The van der Waals surface area contributed by atoms with Gasteiger partial charge in [-0.15, -0.1) is 0 Å². The molecule has 2 fully saturated rings. The van der Waals surface area contributed by atoms with Crippen molar-refractivity contribution in [2.24, 2.45) is 5.92 Å². The molecule has 2 heterocycles. The molecule has 2 rings (SSSR count). The summed E-state index contributed by atoms with van der Waals surface area (Å²) in [7, 11) is 0. The minimum atomic E-state index is 0.316. The topological polar surface area (TPSA) is 29.5 Å². The average molecular weight is 197 g/mol. The van der Waals surface area contributed by atoms with E-state index >= 15 is 0 Å². The van der Waals surface area contributed by atoms with E-state index in [-0.39, 0.29) is 0 Å². The van der Waals surface area contributed by atoms with Crippen molar-refractivity contribution in [1.82, 2.24) is 4.90 Å². The number of hydrogen-bond donors (Lipinski definition) is 0. The first-order valence-electron chi connectivity index (χ1n) is 5.67. The highest BCUT2D eigenvalue weighted by Gasteiger charge is 2.26. The Labute approximate surface area is 85.4 Å². The van der Waals surface area contributed by atoms with Crippen molar-refractivity contribution >= 4 is 6.29 Å². The van der Waals surface area contributed by atoms with Crippen LogP contribution in [0.4, 0.5) is 0 Å². The number of piperidine rings is 1. The van der Waals surface area contributed by atoms with Gasteiger partial charge in [0, 0.05) is 18.6 Å². The smallest absolute Gasteiger partial charge is 0.123 e. The van der Waals surface area contributed by atoms with Crippen molar-refractivity contribution in [3.63, 3.8) is 0 Å². The van der Waals surface area contributed by atoms with E-state index in [0.717, 1.165) is 45.4 Å². The van der Waals surface area contributed by atoms with Crippen molar-refractivity contribution in [3.05, 3.63) is 0 Å². The third kappa shape index (κ3) is 2.34. The van der Waals surface area contributed by atoms with Gasteiger partial charge in [0.05, 0.1) is 6.61 Å². The maximum Gasteiger partial charge on any atom is 0.123 e. The monoisotopic (exact) mass is 197 g/mol. The molecule has 0 radical (unpaired) electrons. The van der Waals surface area contributed by atoms with Gasteiger partial charge in [-0.05, 0) is 38.8 Å². The Morgan fingerprint density at radius 2 is 2.00 bits per heavy atom. The summed E-state index contributed by atoms with van der Waals surface area (Å²) in [6, 6.07) is 0.622. The molecule has 0 aromatic rings. The second-order valence-corrected chi connectivity index (χ2v) is 4.38. The summed E-state index contributed by atoms with van der Waals surface area (Å²) >= 11 is 0. The highest BCUT2D eigenvalue weighted by atomic mass is 16.5. The van der Waals surface area contributed by atoms with E-state index in [1.165, 1.54) is 12.8 Å². The van der Waals surface area contributed by atoms with Crippen LogP contribution in [0.25, 0.3) is 0 Å². The second-order valence-electron chi connectivity index (χ2n) is 4.38. The van der Waals surface area contributed by atoms with Gasteiger partial charge in [-0.2, -0.15) is 0 Å². The van der Waals surface area contributed by atoms with Gasteiger partial charge in [0.2, 0.25) is 0 Å². The number of rotatable bonds is 2. The Morgan fingerprint density at radius 3 is 2.57 bits per heavy atom. The van der Waals surface area contributed by atoms with Gasteiger partial charge in [0.1, 0.15) is 6.29 Å². The molecule has 80 valence electrons. The molecule has 0 amide bonds. The molecule has 0 saturated carbocycles. The van der Waals surface area contributed by atoms with Crippen LogP contribution < -0.4 is 0 Å². The number of ether oxygens (including phenoxy) is 1. The molecule has 2 saturated heterocycles. The van der Waals surface area contributed by atoms with Crippen molar-refractivity contribution in [3.8, 4) is 0 Å². The molecule has 0 bridgehead atoms. The van der Waals surface area contributed by atoms with Gasteiger partial charge in [-0.25, -0.2) is 0 Å². The molecule has 2 aliphatic heterocycles. The van der Waals surface area contributed by atoms with Gasteiger partial charge >= 0.3 is 0 Å². The number of carbonyl (C=O) groups excluding carboxylic acids is 1. The number of aldehydes is 1. The first-order valence-corrected chi connectivity index (χ1v) is 5.67. The number of nitrogens with zero attached hydrogens (tertiary/aromatic N) is 1. The van der Waals surface area contributed by atoms with Crippen molar-refractivity contribution in [1.29, 1.82) is 0 Å². The van der Waals surface area contributed by atoms with Crippen LogP contribution in [0.5, 0.6) is 0 Å². The predicted molar refractivity (Wildman–Crippen MR) is 54.2 cm³/mol. The molecule has 0 aromatic carbocycles. The summed E-state index contributed by atoms with van der Waals surface area (Å²) in [5.41, 5.74) is 0. The summed E-state index contributed by atoms with van der Waals surface area (Å²) in [5.74, 6) is 0.316. The van der Waals surface area contributed by atoms with Crippen LogP contribution in [0, 0.1) is 5.92 Å². The van der Waals surface area contributed by atoms with E-state index in [1.54, 1.807) is 0 Å². The molecular weight excluding hydrogens is 178 g/mol.